The van der Waals surface area contributed by atoms with Crippen LogP contribution in [0.5, 0.6) is 0 Å². The van der Waals surface area contributed by atoms with Crippen LogP contribution in [0.4, 0.5) is 0 Å². The van der Waals surface area contributed by atoms with E-state index < -0.39 is 0 Å². The molecule has 0 aliphatic rings. The van der Waals surface area contributed by atoms with E-state index in [-0.39, 0.29) is 11.8 Å². The zero-order chi connectivity index (χ0) is 8.85. The van der Waals surface area contributed by atoms with Gasteiger partial charge in [-0.25, -0.2) is 0 Å². The normalized spacial score (nSPS) is 15.9. The Morgan fingerprint density at radius 2 is 1.91 bits per heavy atom. The van der Waals surface area contributed by atoms with Crippen LogP contribution in [0.3, 0.4) is 0 Å². The van der Waals surface area contributed by atoms with Crippen molar-refractivity contribution in [3.05, 3.63) is 0 Å². The first kappa shape index (κ1) is 10.5. The van der Waals surface area contributed by atoms with Crippen molar-refractivity contribution in [2.24, 2.45) is 17.6 Å². The fraction of sp³-hybridized carbons (Fsp3) is 0.889. The predicted molar refractivity (Wildman–Crippen MR) is 47.0 cm³/mol. The first-order chi connectivity index (χ1) is 5.11. The molecule has 0 fully saturated rings. The molecule has 2 atom stereocenters. The zero-order valence-corrected chi connectivity index (χ0v) is 7.76. The van der Waals surface area contributed by atoms with Gasteiger partial charge < -0.3 is 5.73 Å². The molecule has 0 spiro atoms. The van der Waals surface area contributed by atoms with Gasteiger partial charge in [0.05, 0.1) is 0 Å². The number of amides is 1. The Labute approximate surface area is 69.2 Å². The number of rotatable bonds is 5. The third-order valence-electron chi connectivity index (χ3n) is 2.28. The highest BCUT2D eigenvalue weighted by Gasteiger charge is 2.14. The monoisotopic (exact) mass is 157 g/mol. The van der Waals surface area contributed by atoms with Crippen molar-refractivity contribution in [3.8, 4) is 0 Å². The standard InChI is InChI=1S/C9H19NO/c1-4-7(3)6-8(5-2)9(10)11/h7-8H,4-6H2,1-3H3,(H2,10,11). The molecule has 0 bridgehead atoms. The van der Waals surface area contributed by atoms with Crippen molar-refractivity contribution in [1.82, 2.24) is 0 Å². The van der Waals surface area contributed by atoms with E-state index in [1.54, 1.807) is 0 Å². The van der Waals surface area contributed by atoms with Crippen LogP contribution in [0.1, 0.15) is 40.0 Å². The fourth-order valence-corrected chi connectivity index (χ4v) is 1.14. The molecule has 2 nitrogen and oxygen atoms in total. The fourth-order valence-electron chi connectivity index (χ4n) is 1.14. The molecule has 1 amide bonds. The first-order valence-electron chi connectivity index (χ1n) is 4.41. The second-order valence-electron chi connectivity index (χ2n) is 3.26. The molecular formula is C9H19NO. The van der Waals surface area contributed by atoms with E-state index in [0.29, 0.717) is 5.92 Å². The summed E-state index contributed by atoms with van der Waals surface area (Å²) in [5.41, 5.74) is 5.21. The molecule has 0 aliphatic carbocycles. The molecule has 0 heterocycles. The molecule has 0 radical (unpaired) electrons. The van der Waals surface area contributed by atoms with Crippen molar-refractivity contribution in [1.29, 1.82) is 0 Å². The Morgan fingerprint density at radius 3 is 2.18 bits per heavy atom. The molecule has 66 valence electrons. The van der Waals surface area contributed by atoms with E-state index in [0.717, 1.165) is 19.3 Å². The minimum absolute atomic E-state index is 0.0879. The first-order valence-corrected chi connectivity index (χ1v) is 4.41. The second-order valence-corrected chi connectivity index (χ2v) is 3.26. The summed E-state index contributed by atoms with van der Waals surface area (Å²) in [6.45, 7) is 6.31. The van der Waals surface area contributed by atoms with Gasteiger partial charge in [-0.15, -0.1) is 0 Å². The SMILES string of the molecule is CCC(C)CC(CC)C(N)=O. The van der Waals surface area contributed by atoms with Gasteiger partial charge in [0.2, 0.25) is 5.91 Å². The van der Waals surface area contributed by atoms with Gasteiger partial charge in [-0.05, 0) is 18.8 Å². The predicted octanol–water partition coefficient (Wildman–Crippen LogP) is 1.93. The van der Waals surface area contributed by atoms with Crippen molar-refractivity contribution < 1.29 is 4.79 Å². The molecule has 0 aliphatic heterocycles. The number of nitrogens with two attached hydrogens (primary N) is 1. The maximum absolute atomic E-state index is 10.8. The van der Waals surface area contributed by atoms with Gasteiger partial charge in [0, 0.05) is 5.92 Å². The van der Waals surface area contributed by atoms with Crippen molar-refractivity contribution >= 4 is 5.91 Å². The number of carbonyl (C=O) groups is 1. The lowest BCUT2D eigenvalue weighted by Gasteiger charge is -2.14. The Morgan fingerprint density at radius 1 is 1.36 bits per heavy atom. The summed E-state index contributed by atoms with van der Waals surface area (Å²) in [6.07, 6.45) is 2.95. The van der Waals surface area contributed by atoms with E-state index >= 15 is 0 Å². The van der Waals surface area contributed by atoms with E-state index in [4.69, 9.17) is 5.73 Å². The summed E-state index contributed by atoms with van der Waals surface area (Å²) in [7, 11) is 0. The van der Waals surface area contributed by atoms with E-state index in [1.165, 1.54) is 0 Å². The molecular weight excluding hydrogens is 138 g/mol. The van der Waals surface area contributed by atoms with Gasteiger partial charge in [-0.2, -0.15) is 0 Å². The van der Waals surface area contributed by atoms with Crippen LogP contribution in [-0.4, -0.2) is 5.91 Å². The molecule has 0 aromatic heterocycles. The van der Waals surface area contributed by atoms with Crippen LogP contribution < -0.4 is 5.73 Å². The van der Waals surface area contributed by atoms with Crippen LogP contribution in [0.15, 0.2) is 0 Å². The third kappa shape index (κ3) is 4.02. The van der Waals surface area contributed by atoms with Crippen molar-refractivity contribution in [2.45, 2.75) is 40.0 Å². The molecule has 0 saturated carbocycles. The third-order valence-corrected chi connectivity index (χ3v) is 2.28. The van der Waals surface area contributed by atoms with Crippen LogP contribution in [0, 0.1) is 11.8 Å². The lowest BCUT2D eigenvalue weighted by molar-refractivity contribution is -0.122. The minimum Gasteiger partial charge on any atom is -0.369 e. The highest BCUT2D eigenvalue weighted by molar-refractivity contribution is 5.76. The molecule has 0 saturated heterocycles. The second kappa shape index (κ2) is 5.16. The minimum atomic E-state index is -0.146. The zero-order valence-electron chi connectivity index (χ0n) is 7.76. The smallest absolute Gasteiger partial charge is 0.220 e. The number of hydrogen-bond donors (Lipinski definition) is 1. The molecule has 11 heavy (non-hydrogen) atoms. The van der Waals surface area contributed by atoms with Gasteiger partial charge in [-0.3, -0.25) is 4.79 Å². The van der Waals surface area contributed by atoms with Gasteiger partial charge >= 0.3 is 0 Å². The van der Waals surface area contributed by atoms with E-state index in [1.807, 2.05) is 6.92 Å². The van der Waals surface area contributed by atoms with Crippen LogP contribution >= 0.6 is 0 Å². The van der Waals surface area contributed by atoms with Crippen molar-refractivity contribution in [3.63, 3.8) is 0 Å². The molecule has 2 unspecified atom stereocenters. The summed E-state index contributed by atoms with van der Waals surface area (Å²) in [4.78, 5) is 10.8. The summed E-state index contributed by atoms with van der Waals surface area (Å²) in [5.74, 6) is 0.560. The van der Waals surface area contributed by atoms with Gasteiger partial charge in [0.1, 0.15) is 0 Å². The largest absolute Gasteiger partial charge is 0.369 e. The number of carbonyl (C=O) groups excluding carboxylic acids is 1. The Hall–Kier alpha value is -0.530. The summed E-state index contributed by atoms with van der Waals surface area (Å²) >= 11 is 0. The molecule has 0 aromatic carbocycles. The van der Waals surface area contributed by atoms with Crippen molar-refractivity contribution in [2.75, 3.05) is 0 Å². The average molecular weight is 157 g/mol. The van der Waals surface area contributed by atoms with Crippen LogP contribution in [-0.2, 0) is 4.79 Å². The van der Waals surface area contributed by atoms with Gasteiger partial charge in [0.15, 0.2) is 0 Å². The Balaban J connectivity index is 3.77. The summed E-state index contributed by atoms with van der Waals surface area (Å²) < 4.78 is 0. The van der Waals surface area contributed by atoms with E-state index in [2.05, 4.69) is 13.8 Å². The Bertz CT molecular complexity index is 123. The molecule has 2 heteroatoms. The van der Waals surface area contributed by atoms with Crippen LogP contribution in [0.25, 0.3) is 0 Å². The molecule has 0 rings (SSSR count). The average Bonchev–Trinajstić information content (AvgIpc) is 1.99. The van der Waals surface area contributed by atoms with Gasteiger partial charge in [0.25, 0.3) is 0 Å². The lowest BCUT2D eigenvalue weighted by Crippen LogP contribution is -2.24. The van der Waals surface area contributed by atoms with Crippen LogP contribution in [0.2, 0.25) is 0 Å². The number of primary amides is 1. The summed E-state index contributed by atoms with van der Waals surface area (Å²) in [6, 6.07) is 0. The lowest BCUT2D eigenvalue weighted by atomic mass is 9.92. The Kier molecular flexibility index (Phi) is 4.92. The topological polar surface area (TPSA) is 43.1 Å². The molecule has 2 N–H and O–H groups in total. The highest BCUT2D eigenvalue weighted by atomic mass is 16.1. The molecule has 0 aromatic rings. The summed E-state index contributed by atoms with van der Waals surface area (Å²) in [5, 5.41) is 0. The quantitative estimate of drug-likeness (QED) is 0.651. The maximum atomic E-state index is 10.8. The maximum Gasteiger partial charge on any atom is 0.220 e. The number of hydrogen-bond acceptors (Lipinski definition) is 1. The van der Waals surface area contributed by atoms with Gasteiger partial charge in [-0.1, -0.05) is 27.2 Å². The highest BCUT2D eigenvalue weighted by Crippen LogP contribution is 2.17. The van der Waals surface area contributed by atoms with E-state index in [9.17, 15) is 4.79 Å².